The zero-order valence-electron chi connectivity index (χ0n) is 13.2. The molecular formula is C15H18BrN5O3. The summed E-state index contributed by atoms with van der Waals surface area (Å²) in [6.45, 7) is 1.97. The van der Waals surface area contributed by atoms with Crippen molar-refractivity contribution in [3.63, 3.8) is 0 Å². The number of rotatable bonds is 5. The van der Waals surface area contributed by atoms with Crippen molar-refractivity contribution in [2.24, 2.45) is 0 Å². The maximum Gasteiger partial charge on any atom is 0.415 e. The van der Waals surface area contributed by atoms with Crippen LogP contribution in [-0.4, -0.2) is 53.9 Å². The fraction of sp³-hybridized carbons (Fsp3) is 0.467. The molecular weight excluding hydrogens is 378 g/mol. The molecule has 24 heavy (non-hydrogen) atoms. The van der Waals surface area contributed by atoms with Crippen LogP contribution < -0.4 is 10.0 Å². The van der Waals surface area contributed by atoms with E-state index in [9.17, 15) is 10.0 Å². The normalized spacial score (nSPS) is 18.0. The highest BCUT2D eigenvalue weighted by atomic mass is 79.9. The van der Waals surface area contributed by atoms with E-state index >= 15 is 0 Å². The summed E-state index contributed by atoms with van der Waals surface area (Å²) in [7, 11) is 2.00. The minimum atomic E-state index is -0.280. The van der Waals surface area contributed by atoms with E-state index < -0.39 is 0 Å². The molecule has 0 radical (unpaired) electrons. The number of hydrogen-bond donors (Lipinski definition) is 1. The van der Waals surface area contributed by atoms with Crippen LogP contribution in [0.15, 0.2) is 22.7 Å². The summed E-state index contributed by atoms with van der Waals surface area (Å²) < 4.78 is 6.88. The standard InChI is InChI=1S/C15H18BrN5O3/c1-20-7-5-11(9-20)24-14(22)4-6-17-15-19-18-12-8-10(16)2-3-13(12)21(15)23/h2-3,8,11H,4-7,9H2,1H3,(H,17,19). The van der Waals surface area contributed by atoms with Crippen LogP contribution in [0.5, 0.6) is 0 Å². The van der Waals surface area contributed by atoms with Crippen LogP contribution in [0.4, 0.5) is 5.95 Å². The highest BCUT2D eigenvalue weighted by molar-refractivity contribution is 9.10. The zero-order valence-corrected chi connectivity index (χ0v) is 14.8. The molecule has 1 fully saturated rings. The summed E-state index contributed by atoms with van der Waals surface area (Å²) in [5.41, 5.74) is 0.905. The molecule has 0 aliphatic carbocycles. The van der Waals surface area contributed by atoms with Gasteiger partial charge in [0.2, 0.25) is 0 Å². The molecule has 0 spiro atoms. The van der Waals surface area contributed by atoms with Crippen LogP contribution in [-0.2, 0) is 9.53 Å². The van der Waals surface area contributed by atoms with Crippen molar-refractivity contribution in [1.82, 2.24) is 15.1 Å². The van der Waals surface area contributed by atoms with E-state index in [4.69, 9.17) is 4.74 Å². The summed E-state index contributed by atoms with van der Waals surface area (Å²) in [5.74, 6) is -0.212. The molecule has 2 aromatic rings. The molecule has 1 saturated heterocycles. The smallest absolute Gasteiger partial charge is 0.415 e. The fourth-order valence-electron chi connectivity index (χ4n) is 2.62. The average molecular weight is 396 g/mol. The van der Waals surface area contributed by atoms with Crippen molar-refractivity contribution >= 4 is 38.9 Å². The third kappa shape index (κ3) is 3.90. The Labute approximate surface area is 147 Å². The number of nitrogens with zero attached hydrogens (tertiary/aromatic N) is 4. The van der Waals surface area contributed by atoms with Crippen LogP contribution in [0.3, 0.4) is 0 Å². The Morgan fingerprint density at radius 2 is 2.38 bits per heavy atom. The van der Waals surface area contributed by atoms with Gasteiger partial charge < -0.3 is 14.8 Å². The van der Waals surface area contributed by atoms with Gasteiger partial charge in [0.15, 0.2) is 0 Å². The molecule has 3 rings (SSSR count). The van der Waals surface area contributed by atoms with Crippen molar-refractivity contribution < 1.29 is 14.3 Å². The first-order valence-electron chi connectivity index (χ1n) is 7.70. The first-order valence-corrected chi connectivity index (χ1v) is 8.49. The van der Waals surface area contributed by atoms with Gasteiger partial charge in [-0.25, -0.2) is 4.73 Å². The predicted molar refractivity (Wildman–Crippen MR) is 91.3 cm³/mol. The number of likely N-dealkylation sites (tertiary alicyclic amines) is 1. The lowest BCUT2D eigenvalue weighted by Gasteiger charge is -2.12. The third-order valence-corrected chi connectivity index (χ3v) is 4.35. The van der Waals surface area contributed by atoms with E-state index in [0.717, 1.165) is 24.0 Å². The van der Waals surface area contributed by atoms with E-state index in [1.165, 1.54) is 0 Å². The quantitative estimate of drug-likeness (QED) is 0.459. The number of fused-ring (bicyclic) bond motifs is 1. The van der Waals surface area contributed by atoms with Crippen LogP contribution >= 0.6 is 15.9 Å². The summed E-state index contributed by atoms with van der Waals surface area (Å²) in [4.78, 5) is 13.9. The van der Waals surface area contributed by atoms with E-state index in [-0.39, 0.29) is 31.0 Å². The van der Waals surface area contributed by atoms with Crippen LogP contribution in [0.25, 0.3) is 11.0 Å². The van der Waals surface area contributed by atoms with E-state index in [1.807, 2.05) is 7.05 Å². The molecule has 2 heterocycles. The Hall–Kier alpha value is -2.00. The monoisotopic (exact) mass is 395 g/mol. The SMILES string of the molecule is CN1CCC(OC(=O)CCNc2nnc3cc(Br)ccc3[n+]2[O-])C1. The largest absolute Gasteiger partial charge is 0.740 e. The number of halogens is 1. The highest BCUT2D eigenvalue weighted by Gasteiger charge is 2.23. The molecule has 1 aromatic heterocycles. The van der Waals surface area contributed by atoms with Crippen molar-refractivity contribution in [2.45, 2.75) is 18.9 Å². The second-order valence-corrected chi connectivity index (χ2v) is 6.71. The number of hydrogen-bond acceptors (Lipinski definition) is 7. The molecule has 0 saturated carbocycles. The number of carbonyl (C=O) groups excluding carboxylic acids is 1. The Morgan fingerprint density at radius 3 is 3.12 bits per heavy atom. The van der Waals surface area contributed by atoms with Gasteiger partial charge in [-0.1, -0.05) is 21.0 Å². The van der Waals surface area contributed by atoms with Crippen molar-refractivity contribution in [3.8, 4) is 0 Å². The molecule has 8 nitrogen and oxygen atoms in total. The Kier molecular flexibility index (Phi) is 5.10. The van der Waals surface area contributed by atoms with Gasteiger partial charge in [0, 0.05) is 22.7 Å². The third-order valence-electron chi connectivity index (χ3n) is 3.86. The van der Waals surface area contributed by atoms with Crippen molar-refractivity contribution in [2.75, 3.05) is 32.0 Å². The minimum Gasteiger partial charge on any atom is -0.740 e. The molecule has 1 aliphatic rings. The zero-order chi connectivity index (χ0) is 17.1. The van der Waals surface area contributed by atoms with Gasteiger partial charge in [-0.3, -0.25) is 10.1 Å². The molecule has 1 N–H and O–H groups in total. The second kappa shape index (κ2) is 7.27. The van der Waals surface area contributed by atoms with E-state index in [1.54, 1.807) is 18.2 Å². The number of likely N-dealkylation sites (N-methyl/N-ethyl adjacent to an activating group) is 1. The summed E-state index contributed by atoms with van der Waals surface area (Å²) >= 11 is 3.32. The number of carbonyl (C=O) groups is 1. The molecule has 1 unspecified atom stereocenters. The Balaban J connectivity index is 1.55. The van der Waals surface area contributed by atoms with Gasteiger partial charge in [0.1, 0.15) is 17.1 Å². The first kappa shape index (κ1) is 16.8. The molecule has 0 bridgehead atoms. The maximum absolute atomic E-state index is 12.2. The molecule has 1 aromatic carbocycles. The number of aromatic nitrogens is 3. The summed E-state index contributed by atoms with van der Waals surface area (Å²) in [6.07, 6.45) is 0.994. The van der Waals surface area contributed by atoms with Crippen LogP contribution in [0.1, 0.15) is 12.8 Å². The van der Waals surface area contributed by atoms with Crippen LogP contribution in [0.2, 0.25) is 0 Å². The second-order valence-electron chi connectivity index (χ2n) is 5.79. The first-order chi connectivity index (χ1) is 11.5. The number of benzene rings is 1. The summed E-state index contributed by atoms with van der Waals surface area (Å²) in [6, 6.07) is 5.14. The molecule has 1 aliphatic heterocycles. The van der Waals surface area contributed by atoms with Crippen molar-refractivity contribution in [1.29, 1.82) is 0 Å². The van der Waals surface area contributed by atoms with Gasteiger partial charge >= 0.3 is 11.9 Å². The molecule has 1 atom stereocenters. The number of nitrogens with one attached hydrogen (secondary N) is 1. The van der Waals surface area contributed by atoms with Gasteiger partial charge in [0.25, 0.3) is 0 Å². The highest BCUT2D eigenvalue weighted by Crippen LogP contribution is 2.15. The maximum atomic E-state index is 12.2. The Bertz CT molecular complexity index is 757. The minimum absolute atomic E-state index is 0.0362. The lowest BCUT2D eigenvalue weighted by atomic mass is 10.3. The predicted octanol–water partition coefficient (Wildman–Crippen LogP) is 1.07. The van der Waals surface area contributed by atoms with Gasteiger partial charge in [-0.15, -0.1) is 0 Å². The van der Waals surface area contributed by atoms with Gasteiger partial charge in [-0.05, 0) is 31.7 Å². The van der Waals surface area contributed by atoms with Crippen molar-refractivity contribution in [3.05, 3.63) is 27.9 Å². The number of anilines is 1. The summed E-state index contributed by atoms with van der Waals surface area (Å²) in [5, 5.41) is 23.0. The number of ether oxygens (including phenoxy) is 1. The fourth-order valence-corrected chi connectivity index (χ4v) is 2.97. The lowest BCUT2D eigenvalue weighted by molar-refractivity contribution is -0.565. The topological polar surface area (TPSA) is 94.3 Å². The van der Waals surface area contributed by atoms with Gasteiger partial charge in [0.05, 0.1) is 13.0 Å². The lowest BCUT2D eigenvalue weighted by Crippen LogP contribution is -2.34. The van der Waals surface area contributed by atoms with E-state index in [2.05, 4.69) is 36.3 Å². The van der Waals surface area contributed by atoms with Crippen LogP contribution in [0, 0.1) is 5.21 Å². The van der Waals surface area contributed by atoms with E-state index in [0.29, 0.717) is 15.8 Å². The number of esters is 1. The molecule has 0 amide bonds. The Morgan fingerprint density at radius 1 is 1.54 bits per heavy atom. The average Bonchev–Trinajstić information content (AvgIpc) is 2.94. The van der Waals surface area contributed by atoms with Gasteiger partial charge in [-0.2, -0.15) is 0 Å². The molecule has 9 heteroatoms. The molecule has 128 valence electrons.